The first-order valence-electron chi connectivity index (χ1n) is 8.11. The molecule has 124 valence electrons. The molecule has 23 heavy (non-hydrogen) atoms. The van der Waals surface area contributed by atoms with Crippen LogP contribution in [0.25, 0.3) is 11.3 Å². The third-order valence-corrected chi connectivity index (χ3v) is 4.17. The van der Waals surface area contributed by atoms with E-state index in [1.54, 1.807) is 0 Å². The Kier molecular flexibility index (Phi) is 5.61. The third kappa shape index (κ3) is 4.23. The minimum atomic E-state index is -0.00984. The second-order valence-electron chi connectivity index (χ2n) is 6.31. The van der Waals surface area contributed by atoms with Gasteiger partial charge in [0, 0.05) is 31.4 Å². The van der Waals surface area contributed by atoms with Crippen LogP contribution < -0.4 is 10.5 Å². The molecule has 0 unspecified atom stereocenters. The van der Waals surface area contributed by atoms with Crippen LogP contribution in [0.1, 0.15) is 18.1 Å². The van der Waals surface area contributed by atoms with Crippen LogP contribution >= 0.6 is 0 Å². The van der Waals surface area contributed by atoms with E-state index >= 15 is 0 Å². The summed E-state index contributed by atoms with van der Waals surface area (Å²) in [6.07, 6.45) is 0.900. The molecular formula is C19H27N3O. The third-order valence-electron chi connectivity index (χ3n) is 4.17. The number of nitrogens with one attached hydrogen (secondary N) is 1. The molecule has 0 spiro atoms. The van der Waals surface area contributed by atoms with Crippen molar-refractivity contribution in [1.29, 1.82) is 0 Å². The highest BCUT2D eigenvalue weighted by molar-refractivity contribution is 5.66. The molecule has 0 aliphatic heterocycles. The van der Waals surface area contributed by atoms with Crippen LogP contribution in [0.3, 0.4) is 0 Å². The molecule has 4 heteroatoms. The Bertz CT molecular complexity index is 702. The van der Waals surface area contributed by atoms with E-state index in [0.717, 1.165) is 36.3 Å². The molecule has 0 atom stereocenters. The summed E-state index contributed by atoms with van der Waals surface area (Å²) >= 11 is 0. The van der Waals surface area contributed by atoms with Crippen LogP contribution in [0.2, 0.25) is 0 Å². The van der Waals surface area contributed by atoms with Crippen LogP contribution in [-0.2, 0) is 6.42 Å². The lowest BCUT2D eigenvalue weighted by Crippen LogP contribution is -2.28. The Morgan fingerprint density at radius 3 is 2.26 bits per heavy atom. The number of anilines is 1. The van der Waals surface area contributed by atoms with Gasteiger partial charge < -0.3 is 14.8 Å². The summed E-state index contributed by atoms with van der Waals surface area (Å²) in [5.41, 5.74) is 5.11. The van der Waals surface area contributed by atoms with Crippen LogP contribution in [0.15, 0.2) is 35.1 Å². The number of nitrogens with zero attached hydrogens (tertiary/aromatic N) is 2. The van der Waals surface area contributed by atoms with Gasteiger partial charge in [0.2, 0.25) is 0 Å². The average Bonchev–Trinajstić information content (AvgIpc) is 2.54. The molecule has 2 rings (SSSR count). The number of pyridine rings is 1. The molecule has 0 aliphatic rings. The predicted octanol–water partition coefficient (Wildman–Crippen LogP) is 2.91. The van der Waals surface area contributed by atoms with Crippen LogP contribution in [0.4, 0.5) is 5.69 Å². The van der Waals surface area contributed by atoms with E-state index in [-0.39, 0.29) is 5.56 Å². The Hall–Kier alpha value is -2.07. The number of aromatic amines is 1. The molecule has 1 aromatic heterocycles. The van der Waals surface area contributed by atoms with Crippen LogP contribution in [-0.4, -0.2) is 44.1 Å². The van der Waals surface area contributed by atoms with Crippen molar-refractivity contribution >= 4 is 5.69 Å². The maximum atomic E-state index is 11.9. The molecule has 2 aromatic rings. The molecular weight excluding hydrogens is 286 g/mol. The van der Waals surface area contributed by atoms with Crippen molar-refractivity contribution in [2.45, 2.75) is 20.3 Å². The van der Waals surface area contributed by atoms with Gasteiger partial charge >= 0.3 is 0 Å². The lowest BCUT2D eigenvalue weighted by atomic mass is 10.0. The maximum Gasteiger partial charge on any atom is 0.251 e. The van der Waals surface area contributed by atoms with E-state index < -0.39 is 0 Å². The summed E-state index contributed by atoms with van der Waals surface area (Å²) < 4.78 is 0. The van der Waals surface area contributed by atoms with Gasteiger partial charge in [0.15, 0.2) is 0 Å². The number of aryl methyl sites for hydroxylation is 2. The topological polar surface area (TPSA) is 39.3 Å². The van der Waals surface area contributed by atoms with Crippen molar-refractivity contribution in [3.8, 4) is 11.3 Å². The quantitative estimate of drug-likeness (QED) is 0.891. The SMILES string of the molecule is CCc1cc(C)c(=O)[nH]c1-c1ccc(N(C)CCN(C)C)cc1. The summed E-state index contributed by atoms with van der Waals surface area (Å²) in [5, 5.41) is 0. The van der Waals surface area contributed by atoms with Crippen molar-refractivity contribution in [3.63, 3.8) is 0 Å². The summed E-state index contributed by atoms with van der Waals surface area (Å²) in [5.74, 6) is 0. The van der Waals surface area contributed by atoms with Gasteiger partial charge in [-0.2, -0.15) is 0 Å². The number of hydrogen-bond acceptors (Lipinski definition) is 3. The molecule has 0 amide bonds. The number of rotatable bonds is 6. The fourth-order valence-corrected chi connectivity index (χ4v) is 2.59. The zero-order valence-electron chi connectivity index (χ0n) is 14.8. The van der Waals surface area contributed by atoms with Crippen molar-refractivity contribution in [3.05, 3.63) is 51.8 Å². The van der Waals surface area contributed by atoms with Gasteiger partial charge in [0.1, 0.15) is 0 Å². The number of likely N-dealkylation sites (N-methyl/N-ethyl adjacent to an activating group) is 2. The van der Waals surface area contributed by atoms with Crippen molar-refractivity contribution < 1.29 is 0 Å². The number of benzene rings is 1. The predicted molar refractivity (Wildman–Crippen MR) is 98.4 cm³/mol. The zero-order chi connectivity index (χ0) is 17.0. The highest BCUT2D eigenvalue weighted by atomic mass is 16.1. The number of aromatic nitrogens is 1. The monoisotopic (exact) mass is 313 g/mol. The van der Waals surface area contributed by atoms with E-state index in [9.17, 15) is 4.79 Å². The Labute approximate surface area is 138 Å². The Morgan fingerprint density at radius 2 is 1.70 bits per heavy atom. The lowest BCUT2D eigenvalue weighted by molar-refractivity contribution is 0.416. The summed E-state index contributed by atoms with van der Waals surface area (Å²) in [4.78, 5) is 19.4. The van der Waals surface area contributed by atoms with Gasteiger partial charge in [-0.25, -0.2) is 0 Å². The number of hydrogen-bond donors (Lipinski definition) is 1. The van der Waals surface area contributed by atoms with Gasteiger partial charge in [-0.1, -0.05) is 19.1 Å². The summed E-state index contributed by atoms with van der Waals surface area (Å²) in [6, 6.07) is 10.4. The molecule has 0 aliphatic carbocycles. The molecule has 0 bridgehead atoms. The van der Waals surface area contributed by atoms with E-state index in [1.165, 1.54) is 11.3 Å². The highest BCUT2D eigenvalue weighted by Gasteiger charge is 2.08. The molecule has 0 saturated carbocycles. The van der Waals surface area contributed by atoms with Gasteiger partial charge in [0.25, 0.3) is 5.56 Å². The van der Waals surface area contributed by atoms with Crippen LogP contribution in [0.5, 0.6) is 0 Å². The van der Waals surface area contributed by atoms with Gasteiger partial charge in [0.05, 0.1) is 5.69 Å². The Balaban J connectivity index is 2.26. The largest absolute Gasteiger partial charge is 0.373 e. The van der Waals surface area contributed by atoms with Crippen molar-refractivity contribution in [2.75, 3.05) is 39.1 Å². The molecule has 1 N–H and O–H groups in total. The molecule has 0 saturated heterocycles. The number of H-pyrrole nitrogens is 1. The minimum Gasteiger partial charge on any atom is -0.373 e. The van der Waals surface area contributed by atoms with E-state index in [1.807, 2.05) is 13.0 Å². The van der Waals surface area contributed by atoms with E-state index in [4.69, 9.17) is 0 Å². The molecule has 0 fully saturated rings. The van der Waals surface area contributed by atoms with E-state index in [0.29, 0.717) is 0 Å². The van der Waals surface area contributed by atoms with Gasteiger partial charge in [-0.3, -0.25) is 4.79 Å². The van der Waals surface area contributed by atoms with Gasteiger partial charge in [-0.05, 0) is 56.8 Å². The standard InChI is InChI=1S/C19H27N3O/c1-6-15-13-14(2)19(23)20-18(15)16-7-9-17(10-8-16)22(5)12-11-21(3)4/h7-10,13H,6,11-12H2,1-5H3,(H,20,23). The molecule has 4 nitrogen and oxygen atoms in total. The van der Waals surface area contributed by atoms with Crippen molar-refractivity contribution in [1.82, 2.24) is 9.88 Å². The zero-order valence-corrected chi connectivity index (χ0v) is 14.8. The van der Waals surface area contributed by atoms with Crippen molar-refractivity contribution in [2.24, 2.45) is 0 Å². The maximum absolute atomic E-state index is 11.9. The second-order valence-corrected chi connectivity index (χ2v) is 6.31. The van der Waals surface area contributed by atoms with Gasteiger partial charge in [-0.15, -0.1) is 0 Å². The smallest absolute Gasteiger partial charge is 0.251 e. The fraction of sp³-hybridized carbons (Fsp3) is 0.421. The summed E-state index contributed by atoms with van der Waals surface area (Å²) in [7, 11) is 6.26. The lowest BCUT2D eigenvalue weighted by Gasteiger charge is -2.22. The normalized spacial score (nSPS) is 11.0. The highest BCUT2D eigenvalue weighted by Crippen LogP contribution is 2.24. The second kappa shape index (κ2) is 7.47. The minimum absolute atomic E-state index is 0.00984. The van der Waals surface area contributed by atoms with Crippen LogP contribution in [0, 0.1) is 6.92 Å². The molecule has 0 radical (unpaired) electrons. The van der Waals surface area contributed by atoms with E-state index in [2.05, 4.69) is 67.1 Å². The first kappa shape index (κ1) is 17.3. The first-order chi connectivity index (χ1) is 10.9. The molecule has 1 heterocycles. The first-order valence-corrected chi connectivity index (χ1v) is 8.11. The summed E-state index contributed by atoms with van der Waals surface area (Å²) in [6.45, 7) is 5.96. The fourth-order valence-electron chi connectivity index (χ4n) is 2.59. The Morgan fingerprint density at radius 1 is 1.04 bits per heavy atom. The molecule has 1 aromatic carbocycles. The average molecular weight is 313 g/mol.